The predicted octanol–water partition coefficient (Wildman–Crippen LogP) is 4.64. The van der Waals surface area contributed by atoms with Crippen molar-refractivity contribution in [1.82, 2.24) is 4.90 Å². The van der Waals surface area contributed by atoms with Gasteiger partial charge in [-0.2, -0.15) is 13.2 Å². The number of amides is 1. The number of hydrogen-bond acceptors (Lipinski definition) is 3. The average molecular weight is 413 g/mol. The van der Waals surface area contributed by atoms with Crippen LogP contribution < -0.4 is 4.74 Å². The molecule has 1 unspecified atom stereocenters. The van der Waals surface area contributed by atoms with Crippen molar-refractivity contribution in [3.63, 3.8) is 0 Å². The van der Waals surface area contributed by atoms with Crippen molar-refractivity contribution in [2.24, 2.45) is 0 Å². The number of methoxy groups -OCH3 is 1. The summed E-state index contributed by atoms with van der Waals surface area (Å²) in [7, 11) is 1.43. The summed E-state index contributed by atoms with van der Waals surface area (Å²) >= 11 is 0. The third kappa shape index (κ3) is 6.96. The van der Waals surface area contributed by atoms with Gasteiger partial charge in [0.05, 0.1) is 19.4 Å². The molecule has 0 aromatic heterocycles. The van der Waals surface area contributed by atoms with E-state index in [-0.39, 0.29) is 6.54 Å². The van der Waals surface area contributed by atoms with Crippen LogP contribution in [0.3, 0.4) is 0 Å². The number of carbonyl (C=O) groups is 2. The third-order valence-electron chi connectivity index (χ3n) is 4.53. The van der Waals surface area contributed by atoms with Gasteiger partial charge >= 0.3 is 12.1 Å². The second-order valence-electron chi connectivity index (χ2n) is 6.44. The maximum absolute atomic E-state index is 12.9. The highest BCUT2D eigenvalue weighted by atomic mass is 19.4. The predicted molar refractivity (Wildman–Crippen MR) is 105 cm³/mol. The Kier molecular flexibility index (Phi) is 8.94. The molecule has 0 aliphatic carbocycles. The van der Waals surface area contributed by atoms with E-state index in [1.54, 1.807) is 38.1 Å². The van der Waals surface area contributed by atoms with Gasteiger partial charge in [-0.25, -0.2) is 0 Å². The SMILES string of the molecule is C/C=C(\C(=C/CC(F)(F)F)CN(C=O)CC)c1cc(C(C)C(=O)O)ccc1OC. The number of hydrogen-bond donors (Lipinski definition) is 1. The van der Waals surface area contributed by atoms with Gasteiger partial charge in [0.15, 0.2) is 0 Å². The number of likely N-dealkylation sites (N-methyl/N-ethyl adjacent to an activating group) is 1. The molecular weight excluding hydrogens is 387 g/mol. The molecule has 0 saturated carbocycles. The van der Waals surface area contributed by atoms with Crippen molar-refractivity contribution in [3.05, 3.63) is 47.1 Å². The van der Waals surface area contributed by atoms with E-state index in [4.69, 9.17) is 4.74 Å². The van der Waals surface area contributed by atoms with Gasteiger partial charge in [0, 0.05) is 18.7 Å². The molecule has 160 valence electrons. The van der Waals surface area contributed by atoms with E-state index in [1.165, 1.54) is 18.9 Å². The van der Waals surface area contributed by atoms with E-state index >= 15 is 0 Å². The minimum absolute atomic E-state index is 0.0163. The Morgan fingerprint density at radius 3 is 2.45 bits per heavy atom. The van der Waals surface area contributed by atoms with Crippen LogP contribution in [0.15, 0.2) is 35.9 Å². The minimum atomic E-state index is -4.40. The topological polar surface area (TPSA) is 66.8 Å². The molecule has 1 rings (SSSR count). The van der Waals surface area contributed by atoms with Crippen LogP contribution in [-0.2, 0) is 9.59 Å². The molecule has 0 fully saturated rings. The Morgan fingerprint density at radius 1 is 1.34 bits per heavy atom. The molecule has 8 heteroatoms. The summed E-state index contributed by atoms with van der Waals surface area (Å²) in [5.41, 5.74) is 1.71. The zero-order chi connectivity index (χ0) is 22.2. The lowest BCUT2D eigenvalue weighted by Crippen LogP contribution is -2.24. The molecule has 1 amide bonds. The Hall–Kier alpha value is -2.77. The van der Waals surface area contributed by atoms with Gasteiger partial charge in [-0.1, -0.05) is 18.2 Å². The van der Waals surface area contributed by atoms with Crippen molar-refractivity contribution in [2.45, 2.75) is 39.3 Å². The molecule has 29 heavy (non-hydrogen) atoms. The fourth-order valence-electron chi connectivity index (χ4n) is 2.80. The van der Waals surface area contributed by atoms with Crippen LogP contribution in [0.4, 0.5) is 13.2 Å². The van der Waals surface area contributed by atoms with Gasteiger partial charge in [0.1, 0.15) is 5.75 Å². The van der Waals surface area contributed by atoms with Crippen LogP contribution in [0.2, 0.25) is 0 Å². The van der Waals surface area contributed by atoms with Crippen LogP contribution in [-0.4, -0.2) is 48.8 Å². The van der Waals surface area contributed by atoms with Crippen LogP contribution in [0.1, 0.15) is 44.2 Å². The molecule has 1 N–H and O–H groups in total. The zero-order valence-corrected chi connectivity index (χ0v) is 16.9. The first-order valence-corrected chi connectivity index (χ1v) is 9.10. The quantitative estimate of drug-likeness (QED) is 0.448. The second-order valence-corrected chi connectivity index (χ2v) is 6.44. The molecule has 0 heterocycles. The average Bonchev–Trinajstić information content (AvgIpc) is 2.68. The number of nitrogens with zero attached hydrogens (tertiary/aromatic N) is 1. The first-order chi connectivity index (χ1) is 13.6. The number of halogens is 3. The van der Waals surface area contributed by atoms with E-state index in [9.17, 15) is 27.9 Å². The van der Waals surface area contributed by atoms with Gasteiger partial charge in [0.2, 0.25) is 6.41 Å². The number of rotatable bonds is 10. The fraction of sp³-hybridized carbons (Fsp3) is 0.429. The molecule has 0 radical (unpaired) electrons. The van der Waals surface area contributed by atoms with Gasteiger partial charge in [-0.3, -0.25) is 9.59 Å². The Labute approximate surface area is 168 Å². The normalized spacial score (nSPS) is 13.8. The van der Waals surface area contributed by atoms with Gasteiger partial charge in [0.25, 0.3) is 0 Å². The standard InChI is InChI=1S/C21H26F3NO4/c1-5-17(16(9-10-21(22,23)24)12-25(6-2)13-26)18-11-15(14(3)20(27)28)7-8-19(18)29-4/h5,7-9,11,13-14H,6,10,12H2,1-4H3,(H,27,28)/b16-9-,17-5+. The lowest BCUT2D eigenvalue weighted by molar-refractivity contribution is -0.138. The summed E-state index contributed by atoms with van der Waals surface area (Å²) in [5, 5.41) is 9.29. The summed E-state index contributed by atoms with van der Waals surface area (Å²) < 4.78 is 43.9. The van der Waals surface area contributed by atoms with Crippen molar-refractivity contribution in [3.8, 4) is 5.75 Å². The molecule has 1 aromatic rings. The number of carboxylic acids is 1. The molecule has 0 saturated heterocycles. The van der Waals surface area contributed by atoms with Crippen LogP contribution in [0.25, 0.3) is 5.57 Å². The number of ether oxygens (including phenoxy) is 1. The number of allylic oxidation sites excluding steroid dienone is 2. The summed E-state index contributed by atoms with van der Waals surface area (Å²) in [5.74, 6) is -1.43. The van der Waals surface area contributed by atoms with Gasteiger partial charge < -0.3 is 14.7 Å². The number of aliphatic carboxylic acids is 1. The molecular formula is C21H26F3NO4. The Morgan fingerprint density at radius 2 is 2.00 bits per heavy atom. The summed E-state index contributed by atoms with van der Waals surface area (Å²) in [6.45, 7) is 5.23. The highest BCUT2D eigenvalue weighted by Crippen LogP contribution is 2.35. The minimum Gasteiger partial charge on any atom is -0.496 e. The fourth-order valence-corrected chi connectivity index (χ4v) is 2.80. The van der Waals surface area contributed by atoms with Crippen LogP contribution in [0.5, 0.6) is 5.75 Å². The monoisotopic (exact) mass is 413 g/mol. The van der Waals surface area contributed by atoms with Crippen molar-refractivity contribution >= 4 is 18.0 Å². The Bertz CT molecular complexity index is 785. The van der Waals surface area contributed by atoms with Gasteiger partial charge in [-0.05, 0) is 49.6 Å². The summed E-state index contributed by atoms with van der Waals surface area (Å²) in [6.07, 6.45) is -2.29. The molecule has 0 bridgehead atoms. The molecule has 1 atom stereocenters. The van der Waals surface area contributed by atoms with Crippen LogP contribution in [0, 0.1) is 0 Å². The van der Waals surface area contributed by atoms with Crippen molar-refractivity contribution < 1.29 is 32.6 Å². The van der Waals surface area contributed by atoms with E-state index in [2.05, 4.69) is 0 Å². The first kappa shape index (κ1) is 24.3. The van der Waals surface area contributed by atoms with E-state index in [1.807, 2.05) is 0 Å². The Balaban J connectivity index is 3.55. The van der Waals surface area contributed by atoms with Crippen molar-refractivity contribution in [2.75, 3.05) is 20.2 Å². The lowest BCUT2D eigenvalue weighted by atomic mass is 9.91. The second kappa shape index (κ2) is 10.7. The summed E-state index contributed by atoms with van der Waals surface area (Å²) in [4.78, 5) is 23.9. The number of alkyl halides is 3. The number of carboxylic acid groups (broad SMARTS) is 1. The first-order valence-electron chi connectivity index (χ1n) is 9.10. The smallest absolute Gasteiger partial charge is 0.392 e. The molecule has 0 spiro atoms. The lowest BCUT2D eigenvalue weighted by Gasteiger charge is -2.22. The number of benzene rings is 1. The van der Waals surface area contributed by atoms with Crippen LogP contribution >= 0.6 is 0 Å². The van der Waals surface area contributed by atoms with E-state index in [0.29, 0.717) is 41.0 Å². The highest BCUT2D eigenvalue weighted by molar-refractivity contribution is 5.84. The number of carbonyl (C=O) groups excluding carboxylic acids is 1. The molecule has 0 aliphatic heterocycles. The zero-order valence-electron chi connectivity index (χ0n) is 16.9. The molecule has 1 aromatic carbocycles. The van der Waals surface area contributed by atoms with Crippen molar-refractivity contribution in [1.29, 1.82) is 0 Å². The maximum Gasteiger partial charge on any atom is 0.392 e. The summed E-state index contributed by atoms with van der Waals surface area (Å²) in [6, 6.07) is 4.80. The molecule has 0 aliphatic rings. The van der Waals surface area contributed by atoms with Gasteiger partial charge in [-0.15, -0.1) is 0 Å². The third-order valence-corrected chi connectivity index (χ3v) is 4.53. The largest absolute Gasteiger partial charge is 0.496 e. The van der Waals surface area contributed by atoms with E-state index in [0.717, 1.165) is 6.08 Å². The van der Waals surface area contributed by atoms with E-state index < -0.39 is 24.5 Å². The molecule has 5 nitrogen and oxygen atoms in total. The maximum atomic E-state index is 12.9. The highest BCUT2D eigenvalue weighted by Gasteiger charge is 2.26.